The van der Waals surface area contributed by atoms with Gasteiger partial charge >= 0.3 is 11.9 Å². The molecule has 0 spiro atoms. The van der Waals surface area contributed by atoms with E-state index in [2.05, 4.69) is 14.8 Å². The highest BCUT2D eigenvalue weighted by Crippen LogP contribution is 2.12. The fourth-order valence-corrected chi connectivity index (χ4v) is 1.56. The smallest absolute Gasteiger partial charge is 0.337 e. The summed E-state index contributed by atoms with van der Waals surface area (Å²) < 4.78 is 9.08. The van der Waals surface area contributed by atoms with Gasteiger partial charge in [0.2, 0.25) is 5.91 Å². The fourth-order valence-electron chi connectivity index (χ4n) is 1.56. The number of hydrogen-bond donors (Lipinski definition) is 1. The number of carbonyl (C=O) groups is 3. The van der Waals surface area contributed by atoms with Gasteiger partial charge in [0.25, 0.3) is 0 Å². The van der Waals surface area contributed by atoms with E-state index >= 15 is 0 Å². The summed E-state index contributed by atoms with van der Waals surface area (Å²) in [5.74, 6) is -1.03. The number of anilines is 1. The summed E-state index contributed by atoms with van der Waals surface area (Å²) in [7, 11) is 2.60. The van der Waals surface area contributed by atoms with Crippen molar-refractivity contribution in [3.8, 4) is 0 Å². The molecule has 1 N–H and O–H groups in total. The predicted molar refractivity (Wildman–Crippen MR) is 72.3 cm³/mol. The van der Waals surface area contributed by atoms with E-state index in [1.54, 1.807) is 18.2 Å². The molecule has 0 aliphatic carbocycles. The van der Waals surface area contributed by atoms with Crippen molar-refractivity contribution in [1.29, 1.82) is 0 Å². The highest BCUT2D eigenvalue weighted by atomic mass is 16.5. The second-order valence-corrected chi connectivity index (χ2v) is 4.05. The largest absolute Gasteiger partial charge is 0.469 e. The van der Waals surface area contributed by atoms with Crippen molar-refractivity contribution in [2.75, 3.05) is 19.5 Å². The Labute approximate surface area is 117 Å². The summed E-state index contributed by atoms with van der Waals surface area (Å²) in [6.45, 7) is 0. The average molecular weight is 279 g/mol. The van der Waals surface area contributed by atoms with Crippen LogP contribution in [0.2, 0.25) is 0 Å². The van der Waals surface area contributed by atoms with Gasteiger partial charge in [-0.25, -0.2) is 4.79 Å². The second-order valence-electron chi connectivity index (χ2n) is 4.05. The number of hydrogen-bond acceptors (Lipinski definition) is 5. The number of amides is 1. The maximum Gasteiger partial charge on any atom is 0.337 e. The van der Waals surface area contributed by atoms with Crippen molar-refractivity contribution in [1.82, 2.24) is 0 Å². The normalized spacial score (nSPS) is 9.70. The van der Waals surface area contributed by atoms with Gasteiger partial charge in [-0.15, -0.1) is 0 Å². The number of ether oxygens (including phenoxy) is 2. The van der Waals surface area contributed by atoms with Crippen molar-refractivity contribution in [3.63, 3.8) is 0 Å². The summed E-state index contributed by atoms with van der Waals surface area (Å²) in [6, 6.07) is 6.45. The van der Waals surface area contributed by atoms with Gasteiger partial charge in [0.05, 0.1) is 19.8 Å². The van der Waals surface area contributed by atoms with Gasteiger partial charge in [0.1, 0.15) is 0 Å². The lowest BCUT2D eigenvalue weighted by atomic mass is 10.2. The number of rotatable bonds is 6. The summed E-state index contributed by atoms with van der Waals surface area (Å²) in [5.41, 5.74) is 0.871. The molecular formula is C14H17NO5. The quantitative estimate of drug-likeness (QED) is 0.802. The van der Waals surface area contributed by atoms with Gasteiger partial charge < -0.3 is 14.8 Å². The number of esters is 2. The minimum Gasteiger partial charge on any atom is -0.469 e. The molecule has 0 radical (unpaired) electrons. The zero-order chi connectivity index (χ0) is 15.0. The number of benzene rings is 1. The van der Waals surface area contributed by atoms with Crippen LogP contribution in [-0.2, 0) is 19.1 Å². The lowest BCUT2D eigenvalue weighted by Crippen LogP contribution is -2.13. The maximum absolute atomic E-state index is 11.7. The van der Waals surface area contributed by atoms with E-state index in [-0.39, 0.29) is 24.7 Å². The Morgan fingerprint density at radius 1 is 1.10 bits per heavy atom. The molecule has 0 fully saturated rings. The molecule has 0 bridgehead atoms. The molecule has 1 amide bonds. The molecule has 0 heterocycles. The van der Waals surface area contributed by atoms with Gasteiger partial charge in [0.15, 0.2) is 0 Å². The topological polar surface area (TPSA) is 81.7 Å². The first kappa shape index (κ1) is 15.7. The van der Waals surface area contributed by atoms with E-state index in [9.17, 15) is 14.4 Å². The average Bonchev–Trinajstić information content (AvgIpc) is 2.46. The van der Waals surface area contributed by atoms with E-state index in [1.165, 1.54) is 20.3 Å². The van der Waals surface area contributed by atoms with Gasteiger partial charge in [-0.3, -0.25) is 9.59 Å². The summed E-state index contributed by atoms with van der Waals surface area (Å²) in [5, 5.41) is 2.65. The van der Waals surface area contributed by atoms with Crippen LogP contribution in [0, 0.1) is 0 Å². The lowest BCUT2D eigenvalue weighted by molar-refractivity contribution is -0.140. The molecule has 0 saturated carbocycles. The van der Waals surface area contributed by atoms with Gasteiger partial charge in [-0.05, 0) is 24.6 Å². The molecule has 6 heteroatoms. The molecule has 108 valence electrons. The SMILES string of the molecule is COC(=O)CCCC(=O)Nc1cccc(C(=O)OC)c1. The van der Waals surface area contributed by atoms with Crippen LogP contribution in [0.1, 0.15) is 29.6 Å². The zero-order valence-electron chi connectivity index (χ0n) is 11.5. The van der Waals surface area contributed by atoms with Crippen LogP contribution in [0.4, 0.5) is 5.69 Å². The van der Waals surface area contributed by atoms with E-state index in [1.807, 2.05) is 0 Å². The minimum atomic E-state index is -0.466. The summed E-state index contributed by atoms with van der Waals surface area (Å²) in [4.78, 5) is 33.9. The van der Waals surface area contributed by atoms with E-state index in [0.717, 1.165) is 0 Å². The van der Waals surface area contributed by atoms with Crippen molar-refractivity contribution >= 4 is 23.5 Å². The molecular weight excluding hydrogens is 262 g/mol. The van der Waals surface area contributed by atoms with Gasteiger partial charge in [-0.1, -0.05) is 6.07 Å². The Balaban J connectivity index is 2.49. The summed E-state index contributed by atoms with van der Waals surface area (Å²) in [6.07, 6.45) is 0.818. The van der Waals surface area contributed by atoms with E-state index in [0.29, 0.717) is 17.7 Å². The Bertz CT molecular complexity index is 498. The first-order valence-corrected chi connectivity index (χ1v) is 6.12. The first-order chi connectivity index (χ1) is 9.56. The molecule has 0 saturated heterocycles. The highest BCUT2D eigenvalue weighted by Gasteiger charge is 2.08. The summed E-state index contributed by atoms with van der Waals surface area (Å²) >= 11 is 0. The Kier molecular flexibility index (Phi) is 6.22. The van der Waals surface area contributed by atoms with Crippen LogP contribution in [0.25, 0.3) is 0 Å². The van der Waals surface area contributed by atoms with Crippen molar-refractivity contribution < 1.29 is 23.9 Å². The molecule has 1 rings (SSSR count). The third kappa shape index (κ3) is 5.09. The molecule has 0 atom stereocenters. The molecule has 0 aliphatic rings. The monoisotopic (exact) mass is 279 g/mol. The molecule has 0 aromatic heterocycles. The van der Waals surface area contributed by atoms with Crippen LogP contribution in [-0.4, -0.2) is 32.1 Å². The van der Waals surface area contributed by atoms with Gasteiger partial charge in [0, 0.05) is 18.5 Å². The maximum atomic E-state index is 11.7. The molecule has 1 aromatic rings. The molecule has 6 nitrogen and oxygen atoms in total. The number of methoxy groups -OCH3 is 2. The van der Waals surface area contributed by atoms with E-state index in [4.69, 9.17) is 0 Å². The van der Waals surface area contributed by atoms with Gasteiger partial charge in [-0.2, -0.15) is 0 Å². The standard InChI is InChI=1S/C14H17NO5/c1-19-13(17)8-4-7-12(16)15-11-6-3-5-10(9-11)14(18)20-2/h3,5-6,9H,4,7-8H2,1-2H3,(H,15,16). The first-order valence-electron chi connectivity index (χ1n) is 6.12. The third-order valence-electron chi connectivity index (χ3n) is 2.58. The highest BCUT2D eigenvalue weighted by molar-refractivity contribution is 5.94. The van der Waals surface area contributed by atoms with Crippen LogP contribution in [0.15, 0.2) is 24.3 Å². The third-order valence-corrected chi connectivity index (χ3v) is 2.58. The second kappa shape index (κ2) is 7.93. The van der Waals surface area contributed by atoms with E-state index < -0.39 is 5.97 Å². The zero-order valence-corrected chi connectivity index (χ0v) is 11.5. The Morgan fingerprint density at radius 2 is 1.85 bits per heavy atom. The lowest BCUT2D eigenvalue weighted by Gasteiger charge is -2.06. The van der Waals surface area contributed by atoms with Crippen LogP contribution < -0.4 is 5.32 Å². The van der Waals surface area contributed by atoms with Crippen LogP contribution >= 0.6 is 0 Å². The molecule has 20 heavy (non-hydrogen) atoms. The Hall–Kier alpha value is -2.37. The minimum absolute atomic E-state index is 0.201. The van der Waals surface area contributed by atoms with Crippen LogP contribution in [0.5, 0.6) is 0 Å². The fraction of sp³-hybridized carbons (Fsp3) is 0.357. The Morgan fingerprint density at radius 3 is 2.50 bits per heavy atom. The van der Waals surface area contributed by atoms with Crippen LogP contribution in [0.3, 0.4) is 0 Å². The predicted octanol–water partition coefficient (Wildman–Crippen LogP) is 1.75. The van der Waals surface area contributed by atoms with Crippen molar-refractivity contribution in [2.45, 2.75) is 19.3 Å². The number of carbonyl (C=O) groups excluding carboxylic acids is 3. The molecule has 1 aromatic carbocycles. The van der Waals surface area contributed by atoms with Crippen molar-refractivity contribution in [2.24, 2.45) is 0 Å². The molecule has 0 aliphatic heterocycles. The molecule has 0 unspecified atom stereocenters. The van der Waals surface area contributed by atoms with Crippen molar-refractivity contribution in [3.05, 3.63) is 29.8 Å². The number of nitrogens with one attached hydrogen (secondary N) is 1.